The van der Waals surface area contributed by atoms with Gasteiger partial charge in [0.1, 0.15) is 11.4 Å². The molecule has 2 heterocycles. The monoisotopic (exact) mass is 203 g/mol. The van der Waals surface area contributed by atoms with Gasteiger partial charge in [0, 0.05) is 5.59 Å². The molecule has 75 valence electrons. The Bertz CT molecular complexity index is 485. The zero-order chi connectivity index (χ0) is 10.8. The van der Waals surface area contributed by atoms with E-state index in [1.165, 1.54) is 6.07 Å². The van der Waals surface area contributed by atoms with Crippen LogP contribution in [0.25, 0.3) is 11.6 Å². The lowest BCUT2D eigenvalue weighted by molar-refractivity contribution is 0.477. The number of nitrogens with zero attached hydrogens (tertiary/aromatic N) is 3. The van der Waals surface area contributed by atoms with Gasteiger partial charge in [-0.1, -0.05) is 11.9 Å². The average Bonchev–Trinajstić information content (AvgIpc) is 2.66. The smallest absolute Gasteiger partial charge is 0.313 e. The van der Waals surface area contributed by atoms with E-state index in [0.29, 0.717) is 11.3 Å². The lowest BCUT2D eigenvalue weighted by Crippen LogP contribution is -2.16. The van der Waals surface area contributed by atoms with Crippen LogP contribution in [0.5, 0.6) is 5.75 Å². The molecule has 1 radical (unpaired) electrons. The number of rotatable bonds is 2. The molecule has 7 heteroatoms. The number of hydrogen-bond acceptors (Lipinski definition) is 6. The summed E-state index contributed by atoms with van der Waals surface area (Å²) in [6.45, 7) is 1.77. The van der Waals surface area contributed by atoms with Gasteiger partial charge < -0.3 is 15.3 Å². The molecule has 2 aromatic rings. The fourth-order valence-electron chi connectivity index (χ4n) is 1.14. The number of anilines is 1. The minimum atomic E-state index is -0.0121. The van der Waals surface area contributed by atoms with Crippen LogP contribution in [0.1, 0.15) is 0 Å². The number of aromatic nitrogens is 3. The van der Waals surface area contributed by atoms with E-state index >= 15 is 0 Å². The van der Waals surface area contributed by atoms with Crippen molar-refractivity contribution in [1.82, 2.24) is 15.2 Å². The van der Waals surface area contributed by atoms with Crippen LogP contribution in [0.3, 0.4) is 0 Å². The van der Waals surface area contributed by atoms with Gasteiger partial charge in [0.15, 0.2) is 7.28 Å². The quantitative estimate of drug-likeness (QED) is 0.655. The van der Waals surface area contributed by atoms with E-state index in [1.807, 2.05) is 0 Å². The van der Waals surface area contributed by atoms with E-state index in [4.69, 9.17) is 10.2 Å². The number of pyridine rings is 1. The number of hydrogen-bond donors (Lipinski definition) is 2. The van der Waals surface area contributed by atoms with Crippen molar-refractivity contribution >= 4 is 18.9 Å². The van der Waals surface area contributed by atoms with E-state index in [0.717, 1.165) is 0 Å². The van der Waals surface area contributed by atoms with Gasteiger partial charge in [-0.05, 0) is 12.1 Å². The molecule has 0 aliphatic heterocycles. The standard InChI is InChI=1S/C8H8BN4O2/c1-9-6-5(14)3-2-4(11-6)7-12-13-8(10)15-7/h2-3,14H,1H3,(H2,10,13). The summed E-state index contributed by atoms with van der Waals surface area (Å²) < 4.78 is 5.01. The van der Waals surface area contributed by atoms with Crippen LogP contribution in [0.15, 0.2) is 16.5 Å². The number of aromatic hydroxyl groups is 1. The van der Waals surface area contributed by atoms with Crippen molar-refractivity contribution in [3.8, 4) is 17.3 Å². The second-order valence-corrected chi connectivity index (χ2v) is 2.83. The molecule has 6 nitrogen and oxygen atoms in total. The minimum Gasteiger partial charge on any atom is -0.507 e. The molecule has 0 bridgehead atoms. The Hall–Kier alpha value is -2.05. The summed E-state index contributed by atoms with van der Waals surface area (Å²) in [7, 11) is 1.68. The fraction of sp³-hybridized carbons (Fsp3) is 0.125. The first-order valence-corrected chi connectivity index (χ1v) is 4.29. The van der Waals surface area contributed by atoms with E-state index in [1.54, 1.807) is 20.2 Å². The van der Waals surface area contributed by atoms with Crippen molar-refractivity contribution < 1.29 is 9.52 Å². The molecule has 0 aliphatic carbocycles. The topological polar surface area (TPSA) is 98.1 Å². The summed E-state index contributed by atoms with van der Waals surface area (Å²) in [4.78, 5) is 4.12. The van der Waals surface area contributed by atoms with Crippen LogP contribution in [-0.2, 0) is 0 Å². The Labute approximate surface area is 86.4 Å². The molecule has 0 spiro atoms. The first-order valence-electron chi connectivity index (χ1n) is 4.29. The van der Waals surface area contributed by atoms with Crippen LogP contribution >= 0.6 is 0 Å². The normalized spacial score (nSPS) is 10.2. The summed E-state index contributed by atoms with van der Waals surface area (Å²) in [5.74, 6) is 0.337. The highest BCUT2D eigenvalue weighted by Crippen LogP contribution is 2.16. The van der Waals surface area contributed by atoms with Crippen LogP contribution < -0.4 is 11.3 Å². The maximum Gasteiger partial charge on any atom is 0.313 e. The summed E-state index contributed by atoms with van der Waals surface area (Å²) in [6.07, 6.45) is 0. The Morgan fingerprint density at radius 1 is 1.40 bits per heavy atom. The lowest BCUT2D eigenvalue weighted by atomic mass is 9.77. The molecular weight excluding hydrogens is 195 g/mol. The highest BCUT2D eigenvalue weighted by atomic mass is 16.4. The summed E-state index contributed by atoms with van der Waals surface area (Å²) in [5, 5.41) is 16.6. The SMILES string of the molecule is C[B]c1nc(-c2nnc(N)o2)ccc1O. The van der Waals surface area contributed by atoms with Gasteiger partial charge in [0.2, 0.25) is 0 Å². The van der Waals surface area contributed by atoms with Gasteiger partial charge in [-0.15, -0.1) is 5.10 Å². The minimum absolute atomic E-state index is 0.0121. The summed E-state index contributed by atoms with van der Waals surface area (Å²) in [6, 6.07) is 3.08. The zero-order valence-electron chi connectivity index (χ0n) is 8.01. The highest BCUT2D eigenvalue weighted by Gasteiger charge is 2.10. The Morgan fingerprint density at radius 3 is 2.80 bits per heavy atom. The van der Waals surface area contributed by atoms with Gasteiger partial charge >= 0.3 is 6.01 Å². The third kappa shape index (κ3) is 1.76. The maximum absolute atomic E-state index is 9.40. The van der Waals surface area contributed by atoms with E-state index in [9.17, 15) is 5.11 Å². The van der Waals surface area contributed by atoms with Gasteiger partial charge in [0.25, 0.3) is 5.89 Å². The zero-order valence-corrected chi connectivity index (χ0v) is 8.01. The maximum atomic E-state index is 9.40. The predicted molar refractivity (Wildman–Crippen MR) is 54.9 cm³/mol. The van der Waals surface area contributed by atoms with Crippen molar-refractivity contribution in [3.63, 3.8) is 0 Å². The molecule has 0 saturated heterocycles. The number of nitrogens with two attached hydrogens (primary N) is 1. The molecule has 15 heavy (non-hydrogen) atoms. The molecule has 2 rings (SSSR count). The van der Waals surface area contributed by atoms with Gasteiger partial charge in [0.05, 0.1) is 0 Å². The molecular formula is C8H8BN4O2. The molecule has 0 unspecified atom stereocenters. The number of nitrogen functional groups attached to an aromatic ring is 1. The third-order valence-electron chi connectivity index (χ3n) is 1.84. The van der Waals surface area contributed by atoms with Crippen molar-refractivity contribution in [2.45, 2.75) is 6.82 Å². The van der Waals surface area contributed by atoms with Gasteiger partial charge in [-0.2, -0.15) is 0 Å². The van der Waals surface area contributed by atoms with Crippen molar-refractivity contribution in [1.29, 1.82) is 0 Å². The van der Waals surface area contributed by atoms with Crippen LogP contribution in [0.4, 0.5) is 6.01 Å². The Morgan fingerprint density at radius 2 is 2.20 bits per heavy atom. The summed E-state index contributed by atoms with van der Waals surface area (Å²) >= 11 is 0. The second-order valence-electron chi connectivity index (χ2n) is 2.83. The Balaban J connectivity index is 2.45. The largest absolute Gasteiger partial charge is 0.507 e. The second kappa shape index (κ2) is 3.60. The van der Waals surface area contributed by atoms with Gasteiger partial charge in [-0.3, -0.25) is 4.98 Å². The molecule has 0 aromatic carbocycles. The van der Waals surface area contributed by atoms with Crippen molar-refractivity contribution in [2.24, 2.45) is 0 Å². The first kappa shape index (κ1) is 9.51. The van der Waals surface area contributed by atoms with Gasteiger partial charge in [-0.25, -0.2) is 0 Å². The van der Waals surface area contributed by atoms with Crippen LogP contribution in [-0.4, -0.2) is 27.6 Å². The van der Waals surface area contributed by atoms with E-state index in [2.05, 4.69) is 15.2 Å². The molecule has 2 aromatic heterocycles. The molecule has 3 N–H and O–H groups in total. The third-order valence-corrected chi connectivity index (χ3v) is 1.84. The summed E-state index contributed by atoms with van der Waals surface area (Å²) in [5.41, 5.74) is 6.23. The molecule has 0 amide bonds. The lowest BCUT2D eigenvalue weighted by Gasteiger charge is -2.01. The van der Waals surface area contributed by atoms with E-state index in [-0.39, 0.29) is 17.7 Å². The average molecular weight is 203 g/mol. The Kier molecular flexibility index (Phi) is 2.28. The van der Waals surface area contributed by atoms with Crippen molar-refractivity contribution in [3.05, 3.63) is 12.1 Å². The molecule has 0 saturated carbocycles. The molecule has 0 fully saturated rings. The van der Waals surface area contributed by atoms with Crippen LogP contribution in [0.2, 0.25) is 6.82 Å². The van der Waals surface area contributed by atoms with Crippen molar-refractivity contribution in [2.75, 3.05) is 5.73 Å². The molecule has 0 atom stereocenters. The van der Waals surface area contributed by atoms with Crippen LogP contribution in [0, 0.1) is 0 Å². The highest BCUT2D eigenvalue weighted by molar-refractivity contribution is 6.52. The molecule has 0 aliphatic rings. The fourth-order valence-corrected chi connectivity index (χ4v) is 1.14. The predicted octanol–water partition coefficient (Wildman–Crippen LogP) is -0.203. The van der Waals surface area contributed by atoms with E-state index < -0.39 is 0 Å². The first-order chi connectivity index (χ1) is 7.20.